The third kappa shape index (κ3) is 5.03. The van der Waals surface area contributed by atoms with Crippen LogP contribution in [0.1, 0.15) is 40.4 Å². The van der Waals surface area contributed by atoms with E-state index in [2.05, 4.69) is 5.32 Å². The lowest BCUT2D eigenvalue weighted by Crippen LogP contribution is -2.48. The zero-order chi connectivity index (χ0) is 22.9. The lowest BCUT2D eigenvalue weighted by atomic mass is 10.2. The van der Waals surface area contributed by atoms with Gasteiger partial charge < -0.3 is 14.8 Å². The topological polar surface area (TPSA) is 102 Å². The third-order valence-electron chi connectivity index (χ3n) is 5.44. The van der Waals surface area contributed by atoms with Gasteiger partial charge in [-0.3, -0.25) is 4.79 Å². The molecule has 1 amide bonds. The minimum Gasteiger partial charge on any atom is -0.451 e. The number of thiophene rings is 1. The average Bonchev–Trinajstić information content (AvgIpc) is 3.34. The van der Waals surface area contributed by atoms with Gasteiger partial charge in [0.05, 0.1) is 17.1 Å². The van der Waals surface area contributed by atoms with Crippen LogP contribution in [0.4, 0.5) is 5.69 Å². The Kier molecular flexibility index (Phi) is 6.66. The van der Waals surface area contributed by atoms with E-state index in [4.69, 9.17) is 9.47 Å². The minimum absolute atomic E-state index is 0.147. The number of nitrogens with zero attached hydrogens (tertiary/aromatic N) is 1. The molecule has 1 aromatic heterocycles. The molecule has 0 radical (unpaired) electrons. The summed E-state index contributed by atoms with van der Waals surface area (Å²) in [7, 11) is -3.65. The molecule has 0 bridgehead atoms. The summed E-state index contributed by atoms with van der Waals surface area (Å²) < 4.78 is 37.9. The van der Waals surface area contributed by atoms with E-state index >= 15 is 0 Å². The normalized spacial score (nSPS) is 21.2. The highest BCUT2D eigenvalue weighted by atomic mass is 32.2. The van der Waals surface area contributed by atoms with Crippen LogP contribution >= 0.6 is 11.3 Å². The van der Waals surface area contributed by atoms with E-state index in [-0.39, 0.29) is 17.1 Å². The minimum atomic E-state index is -3.65. The van der Waals surface area contributed by atoms with Gasteiger partial charge >= 0.3 is 5.97 Å². The van der Waals surface area contributed by atoms with Gasteiger partial charge in [0.1, 0.15) is 4.88 Å². The number of sulfonamides is 1. The summed E-state index contributed by atoms with van der Waals surface area (Å²) >= 11 is 1.43. The van der Waals surface area contributed by atoms with Gasteiger partial charge in [-0.25, -0.2) is 13.2 Å². The first-order valence-corrected chi connectivity index (χ1v) is 12.8. The third-order valence-corrected chi connectivity index (χ3v) is 8.51. The fraction of sp³-hybridized carbons (Fsp3) is 0.455. The van der Waals surface area contributed by atoms with E-state index in [0.29, 0.717) is 23.7 Å². The SMILES string of the molecule is C[C@@H]1CN(S(=O)(=O)c2ccc(NC(=O)COC(=O)c3cc4c(s3)CCC4)cc2)C[C@H](C)O1. The van der Waals surface area contributed by atoms with Crippen LogP contribution in [0.5, 0.6) is 0 Å². The predicted octanol–water partition coefficient (Wildman–Crippen LogP) is 2.83. The number of carbonyl (C=O) groups is 2. The number of ether oxygens (including phenoxy) is 2. The van der Waals surface area contributed by atoms with Crippen molar-refractivity contribution in [2.45, 2.75) is 50.2 Å². The van der Waals surface area contributed by atoms with Crippen molar-refractivity contribution in [2.24, 2.45) is 0 Å². The quantitative estimate of drug-likeness (QED) is 0.641. The van der Waals surface area contributed by atoms with Gasteiger partial charge in [-0.05, 0) is 69.0 Å². The molecule has 0 spiro atoms. The first-order chi connectivity index (χ1) is 15.2. The number of benzene rings is 1. The number of aryl methyl sites for hydroxylation is 2. The molecule has 1 aliphatic carbocycles. The van der Waals surface area contributed by atoms with Crippen molar-refractivity contribution in [3.05, 3.63) is 45.6 Å². The molecule has 2 aromatic rings. The summed E-state index contributed by atoms with van der Waals surface area (Å²) in [5, 5.41) is 2.62. The Morgan fingerprint density at radius 2 is 1.84 bits per heavy atom. The van der Waals surface area contributed by atoms with E-state index in [0.717, 1.165) is 19.3 Å². The smallest absolute Gasteiger partial charge is 0.348 e. The molecule has 1 saturated heterocycles. The number of amides is 1. The van der Waals surface area contributed by atoms with Gasteiger partial charge in [-0.1, -0.05) is 0 Å². The van der Waals surface area contributed by atoms with Crippen molar-refractivity contribution < 1.29 is 27.5 Å². The number of esters is 1. The molecule has 2 aliphatic rings. The van der Waals surface area contributed by atoms with E-state index in [1.165, 1.54) is 50.3 Å². The maximum absolute atomic E-state index is 12.9. The zero-order valence-corrected chi connectivity index (χ0v) is 19.6. The van der Waals surface area contributed by atoms with E-state index in [9.17, 15) is 18.0 Å². The predicted molar refractivity (Wildman–Crippen MR) is 120 cm³/mol. The van der Waals surface area contributed by atoms with Crippen LogP contribution in [0, 0.1) is 0 Å². The first kappa shape index (κ1) is 22.9. The monoisotopic (exact) mass is 478 g/mol. The van der Waals surface area contributed by atoms with Crippen LogP contribution in [-0.4, -0.2) is 56.5 Å². The van der Waals surface area contributed by atoms with Crippen LogP contribution in [0.15, 0.2) is 35.2 Å². The van der Waals surface area contributed by atoms with Crippen LogP contribution in [0.3, 0.4) is 0 Å². The van der Waals surface area contributed by atoms with Crippen LogP contribution in [0.25, 0.3) is 0 Å². The van der Waals surface area contributed by atoms with Gasteiger partial charge in [-0.15, -0.1) is 11.3 Å². The Morgan fingerprint density at radius 3 is 2.50 bits per heavy atom. The van der Waals surface area contributed by atoms with Gasteiger partial charge in [0.25, 0.3) is 5.91 Å². The summed E-state index contributed by atoms with van der Waals surface area (Å²) in [4.78, 5) is 26.2. The van der Waals surface area contributed by atoms with E-state index < -0.39 is 28.5 Å². The Balaban J connectivity index is 1.31. The second-order valence-electron chi connectivity index (χ2n) is 8.14. The first-order valence-electron chi connectivity index (χ1n) is 10.6. The number of fused-ring (bicyclic) bond motifs is 1. The van der Waals surface area contributed by atoms with Crippen molar-refractivity contribution in [3.8, 4) is 0 Å². The molecule has 172 valence electrons. The Hall–Kier alpha value is -2.27. The Labute approximate surface area is 191 Å². The largest absolute Gasteiger partial charge is 0.451 e. The van der Waals surface area contributed by atoms with Crippen LogP contribution < -0.4 is 5.32 Å². The Morgan fingerprint density at radius 1 is 1.16 bits per heavy atom. The molecule has 2 heterocycles. The summed E-state index contributed by atoms with van der Waals surface area (Å²) in [6.45, 7) is 3.86. The number of rotatable bonds is 6. The summed E-state index contributed by atoms with van der Waals surface area (Å²) in [6, 6.07) is 7.79. The van der Waals surface area contributed by atoms with Gasteiger partial charge in [0, 0.05) is 23.7 Å². The molecule has 1 fully saturated rings. The molecule has 1 aromatic carbocycles. The van der Waals surface area contributed by atoms with Crippen molar-refractivity contribution in [1.82, 2.24) is 4.31 Å². The maximum Gasteiger partial charge on any atom is 0.348 e. The van der Waals surface area contributed by atoms with Crippen LogP contribution in [-0.2, 0) is 37.1 Å². The molecule has 32 heavy (non-hydrogen) atoms. The average molecular weight is 479 g/mol. The number of anilines is 1. The van der Waals surface area contributed by atoms with Gasteiger partial charge in [0.15, 0.2) is 6.61 Å². The molecule has 4 rings (SSSR count). The number of morpholine rings is 1. The highest BCUT2D eigenvalue weighted by molar-refractivity contribution is 7.89. The summed E-state index contributed by atoms with van der Waals surface area (Å²) in [5.74, 6) is -0.996. The molecule has 1 N–H and O–H groups in total. The number of nitrogens with one attached hydrogen (secondary N) is 1. The second-order valence-corrected chi connectivity index (χ2v) is 11.2. The highest BCUT2D eigenvalue weighted by Crippen LogP contribution is 2.31. The lowest BCUT2D eigenvalue weighted by molar-refractivity contribution is -0.119. The highest BCUT2D eigenvalue weighted by Gasteiger charge is 2.32. The summed E-state index contributed by atoms with van der Waals surface area (Å²) in [5.41, 5.74) is 1.62. The molecule has 8 nitrogen and oxygen atoms in total. The molecule has 0 unspecified atom stereocenters. The van der Waals surface area contributed by atoms with Gasteiger partial charge in [-0.2, -0.15) is 4.31 Å². The van der Waals surface area contributed by atoms with Crippen molar-refractivity contribution >= 4 is 38.9 Å². The number of carbonyl (C=O) groups excluding carboxylic acids is 2. The van der Waals surface area contributed by atoms with Crippen molar-refractivity contribution in [3.63, 3.8) is 0 Å². The zero-order valence-electron chi connectivity index (χ0n) is 18.0. The lowest BCUT2D eigenvalue weighted by Gasteiger charge is -2.34. The van der Waals surface area contributed by atoms with Crippen LogP contribution in [0.2, 0.25) is 0 Å². The fourth-order valence-electron chi connectivity index (χ4n) is 4.02. The maximum atomic E-state index is 12.9. The van der Waals surface area contributed by atoms with Crippen molar-refractivity contribution in [2.75, 3.05) is 25.0 Å². The number of hydrogen-bond donors (Lipinski definition) is 1. The molecule has 1 aliphatic heterocycles. The number of hydrogen-bond acceptors (Lipinski definition) is 7. The van der Waals surface area contributed by atoms with Gasteiger partial charge in [0.2, 0.25) is 10.0 Å². The van der Waals surface area contributed by atoms with E-state index in [1.807, 2.05) is 19.9 Å². The Bertz CT molecular complexity index is 1080. The molecular weight excluding hydrogens is 452 g/mol. The van der Waals surface area contributed by atoms with E-state index in [1.54, 1.807) is 0 Å². The molecule has 0 saturated carbocycles. The molecular formula is C22H26N2O6S2. The molecule has 2 atom stereocenters. The fourth-order valence-corrected chi connectivity index (χ4v) is 6.75. The molecule has 10 heteroatoms. The standard InChI is InChI=1S/C22H26N2O6S2/c1-14-11-24(12-15(2)30-14)32(27,28)18-8-6-17(7-9-18)23-21(25)13-29-22(26)20-10-16-4-3-5-19(16)31-20/h6-10,14-15H,3-5,11-13H2,1-2H3,(H,23,25)/t14-,15+. The summed E-state index contributed by atoms with van der Waals surface area (Å²) in [6.07, 6.45) is 2.73. The second kappa shape index (κ2) is 9.30. The van der Waals surface area contributed by atoms with Crippen molar-refractivity contribution in [1.29, 1.82) is 0 Å².